The van der Waals surface area contributed by atoms with Crippen molar-refractivity contribution in [2.75, 3.05) is 33.5 Å². The highest BCUT2D eigenvalue weighted by Crippen LogP contribution is 2.45. The van der Waals surface area contributed by atoms with Crippen molar-refractivity contribution in [3.63, 3.8) is 0 Å². The molecule has 8 nitrogen and oxygen atoms in total. The third kappa shape index (κ3) is 11.2. The number of nitrogens with zero attached hydrogens (tertiary/aromatic N) is 1. The van der Waals surface area contributed by atoms with Crippen LogP contribution in [0.25, 0.3) is 0 Å². The van der Waals surface area contributed by atoms with E-state index in [1.807, 2.05) is 0 Å². The Labute approximate surface area is 241 Å². The van der Waals surface area contributed by atoms with Crippen molar-refractivity contribution in [3.05, 3.63) is 11.1 Å². The normalized spacial score (nSPS) is 29.9. The number of amides is 1. The van der Waals surface area contributed by atoms with Crippen molar-refractivity contribution < 1.29 is 26.0 Å². The highest BCUT2D eigenvalue weighted by Gasteiger charge is 2.41. The van der Waals surface area contributed by atoms with Gasteiger partial charge in [0.25, 0.3) is 0 Å². The topological polar surface area (TPSA) is 148 Å². The minimum atomic E-state index is -0.0415. The van der Waals surface area contributed by atoms with Crippen LogP contribution in [-0.2, 0) is 9.53 Å². The number of methoxy groups -OCH3 is 1. The van der Waals surface area contributed by atoms with Gasteiger partial charge in [0.05, 0.1) is 6.73 Å². The second-order valence-electron chi connectivity index (χ2n) is 12.0. The van der Waals surface area contributed by atoms with Crippen LogP contribution < -0.4 is 10.6 Å². The van der Waals surface area contributed by atoms with E-state index in [1.165, 1.54) is 12.8 Å². The van der Waals surface area contributed by atoms with Gasteiger partial charge in [-0.25, -0.2) is 0 Å². The Bertz CT molecular complexity index is 710. The number of rotatable bonds is 9. The molecule has 2 fully saturated rings. The summed E-state index contributed by atoms with van der Waals surface area (Å²) in [6.07, 6.45) is 9.31. The van der Waals surface area contributed by atoms with Crippen molar-refractivity contribution in [3.8, 4) is 0 Å². The van der Waals surface area contributed by atoms with Crippen molar-refractivity contribution in [1.82, 2.24) is 15.5 Å². The maximum absolute atomic E-state index is 13.3. The van der Waals surface area contributed by atoms with Crippen molar-refractivity contribution >= 4 is 29.1 Å². The maximum Gasteiger partial charge on any atom is 0.223 e. The summed E-state index contributed by atoms with van der Waals surface area (Å²) in [5.41, 5.74) is 0.265. The first-order valence-corrected chi connectivity index (χ1v) is 14.1. The minimum absolute atomic E-state index is 0. The van der Waals surface area contributed by atoms with E-state index in [0.29, 0.717) is 12.6 Å². The Hall–Kier alpha value is -0.450. The number of carbonyl (C=O) groups is 1. The third-order valence-electron chi connectivity index (χ3n) is 8.48. The average molecular weight is 587 g/mol. The van der Waals surface area contributed by atoms with E-state index in [-0.39, 0.29) is 58.6 Å². The molecule has 1 saturated carbocycles. The fourth-order valence-corrected chi connectivity index (χ4v) is 7.16. The molecule has 1 heterocycles. The number of carbonyl (C=O) groups excluding carboxylic acids is 1. The van der Waals surface area contributed by atoms with E-state index < -0.39 is 0 Å². The lowest BCUT2D eigenvalue weighted by Crippen LogP contribution is -2.55. The monoisotopic (exact) mass is 585 g/mol. The van der Waals surface area contributed by atoms with Crippen LogP contribution in [0.3, 0.4) is 0 Å². The van der Waals surface area contributed by atoms with E-state index in [9.17, 15) is 4.79 Å². The highest BCUT2D eigenvalue weighted by atomic mass is 35.5. The predicted molar refractivity (Wildman–Crippen MR) is 160 cm³/mol. The summed E-state index contributed by atoms with van der Waals surface area (Å²) in [7, 11) is 1.68. The van der Waals surface area contributed by atoms with E-state index in [1.54, 1.807) is 7.11 Å². The number of halogens is 2. The lowest BCUT2D eigenvalue weighted by atomic mass is 9.65. The van der Waals surface area contributed by atoms with Gasteiger partial charge in [0.15, 0.2) is 0 Å². The minimum Gasteiger partial charge on any atom is -0.412 e. The number of likely N-dealkylation sites (tertiary alicyclic amines) is 1. The molecular weight excluding hydrogens is 529 g/mol. The van der Waals surface area contributed by atoms with Gasteiger partial charge in [0.1, 0.15) is 0 Å². The number of piperidine rings is 1. The summed E-state index contributed by atoms with van der Waals surface area (Å²) in [6, 6.07) is 0.381. The molecule has 0 bridgehead atoms. The number of hydrogen-bond acceptors (Lipinski definition) is 4. The van der Waals surface area contributed by atoms with Crippen LogP contribution in [0.1, 0.15) is 80.1 Å². The standard InChI is InChI=1S/C27H47Cl2N3O2.CH4.3H2O/c1-18(2)25(31-26(33)20-12-22(29)14-23(13-20)30-17-34-5)15-32-11-10-24(27(3,4)16-32)19-6-8-21(28)9-7-19;;;;/h8,18-20,22-25,30H,6-7,9-17H2,1-5H3,(H,31,33);1H4;3*1H2/t19?,20?,22?,23?,24?,25-;;;;/m0..../s1. The molecule has 0 aromatic rings. The Morgan fingerprint density at radius 1 is 1.18 bits per heavy atom. The summed E-state index contributed by atoms with van der Waals surface area (Å²) < 4.78 is 5.15. The van der Waals surface area contributed by atoms with Gasteiger partial charge in [-0.05, 0) is 74.7 Å². The lowest BCUT2D eigenvalue weighted by Gasteiger charge is -2.49. The number of nitrogens with one attached hydrogen (secondary N) is 2. The molecule has 1 amide bonds. The Morgan fingerprint density at radius 3 is 2.42 bits per heavy atom. The summed E-state index contributed by atoms with van der Waals surface area (Å²) in [5, 5.41) is 7.85. The Balaban J connectivity index is 0. The molecule has 10 heteroatoms. The molecule has 3 rings (SSSR count). The molecule has 0 aromatic carbocycles. The van der Waals surface area contributed by atoms with Gasteiger partial charge in [0.2, 0.25) is 5.91 Å². The van der Waals surface area contributed by atoms with Crippen LogP contribution >= 0.6 is 23.2 Å². The smallest absolute Gasteiger partial charge is 0.223 e. The summed E-state index contributed by atoms with van der Waals surface area (Å²) in [4.78, 5) is 15.9. The fourth-order valence-electron chi connectivity index (χ4n) is 6.54. The molecule has 228 valence electrons. The zero-order chi connectivity index (χ0) is 24.9. The van der Waals surface area contributed by atoms with Crippen LogP contribution in [0.2, 0.25) is 0 Å². The van der Waals surface area contributed by atoms with Crippen LogP contribution in [-0.4, -0.2) is 78.2 Å². The molecule has 0 aromatic heterocycles. The number of ether oxygens (including phenoxy) is 1. The van der Waals surface area contributed by atoms with Gasteiger partial charge >= 0.3 is 0 Å². The largest absolute Gasteiger partial charge is 0.412 e. The average Bonchev–Trinajstić information content (AvgIpc) is 2.77. The first-order valence-electron chi connectivity index (χ1n) is 13.3. The van der Waals surface area contributed by atoms with Crippen LogP contribution in [0.15, 0.2) is 11.1 Å². The van der Waals surface area contributed by atoms with Gasteiger partial charge in [-0.3, -0.25) is 10.1 Å². The SMILES string of the molecule is C.COCNC1CC(Cl)CC(C(=O)N[C@@H](CN2CCC(C3CC=C(Cl)CC3)C(C)(C)C2)C(C)C)C1.O.O.O. The Morgan fingerprint density at radius 2 is 1.87 bits per heavy atom. The molecule has 2 aliphatic carbocycles. The van der Waals surface area contributed by atoms with Gasteiger partial charge in [0, 0.05) is 48.6 Å². The Kier molecular flexibility index (Phi) is 18.9. The maximum atomic E-state index is 13.3. The summed E-state index contributed by atoms with van der Waals surface area (Å²) >= 11 is 12.8. The van der Waals surface area contributed by atoms with Crippen LogP contribution in [0.5, 0.6) is 0 Å². The predicted octanol–water partition coefficient (Wildman–Crippen LogP) is 3.53. The zero-order valence-corrected chi connectivity index (χ0v) is 24.9. The number of allylic oxidation sites excluding steroid dienone is 2. The molecule has 3 aliphatic rings. The van der Waals surface area contributed by atoms with E-state index in [0.717, 1.165) is 68.6 Å². The quantitative estimate of drug-likeness (QED) is 0.314. The van der Waals surface area contributed by atoms with E-state index in [4.69, 9.17) is 27.9 Å². The van der Waals surface area contributed by atoms with Gasteiger partial charge in [-0.1, -0.05) is 52.8 Å². The zero-order valence-electron chi connectivity index (χ0n) is 23.4. The molecule has 5 unspecified atom stereocenters. The molecule has 6 atom stereocenters. The summed E-state index contributed by atoms with van der Waals surface area (Å²) in [5.74, 6) is 1.98. The van der Waals surface area contributed by atoms with E-state index >= 15 is 0 Å². The fraction of sp³-hybridized carbons (Fsp3) is 0.893. The van der Waals surface area contributed by atoms with Gasteiger partial charge in [-0.2, -0.15) is 0 Å². The van der Waals surface area contributed by atoms with Gasteiger partial charge in [-0.15, -0.1) is 11.6 Å². The molecular formula is C28H57Cl2N3O5. The molecule has 0 radical (unpaired) electrons. The van der Waals surface area contributed by atoms with Gasteiger partial charge < -0.3 is 31.4 Å². The van der Waals surface area contributed by atoms with Crippen molar-refractivity contribution in [2.45, 2.75) is 97.5 Å². The second-order valence-corrected chi connectivity index (χ2v) is 13.1. The highest BCUT2D eigenvalue weighted by molar-refractivity contribution is 6.29. The van der Waals surface area contributed by atoms with Crippen LogP contribution in [0.4, 0.5) is 0 Å². The first kappa shape index (κ1) is 39.7. The first-order chi connectivity index (χ1) is 16.1. The number of alkyl halides is 1. The third-order valence-corrected chi connectivity index (χ3v) is 9.18. The summed E-state index contributed by atoms with van der Waals surface area (Å²) in [6.45, 7) is 12.9. The van der Waals surface area contributed by atoms with Crippen molar-refractivity contribution in [1.29, 1.82) is 0 Å². The number of hydrogen-bond donors (Lipinski definition) is 2. The molecule has 0 spiro atoms. The second kappa shape index (κ2) is 18.1. The van der Waals surface area contributed by atoms with Crippen LogP contribution in [0, 0.1) is 29.1 Å². The van der Waals surface area contributed by atoms with Crippen molar-refractivity contribution in [2.24, 2.45) is 29.1 Å². The molecule has 1 aliphatic heterocycles. The molecule has 8 N–H and O–H groups in total. The lowest BCUT2D eigenvalue weighted by molar-refractivity contribution is -0.127. The molecule has 38 heavy (non-hydrogen) atoms. The molecule has 1 saturated heterocycles. The van der Waals surface area contributed by atoms with E-state index in [2.05, 4.69) is 49.3 Å².